The van der Waals surface area contributed by atoms with E-state index in [-0.39, 0.29) is 11.9 Å². The molecule has 0 aliphatic carbocycles. The molecule has 5 heteroatoms. The van der Waals surface area contributed by atoms with Crippen molar-refractivity contribution in [2.75, 3.05) is 13.7 Å². The Kier molecular flexibility index (Phi) is 5.45. The molecule has 0 radical (unpaired) electrons. The number of ether oxygens (including phenoxy) is 1. The van der Waals surface area contributed by atoms with Gasteiger partial charge in [-0.3, -0.25) is 0 Å². The van der Waals surface area contributed by atoms with Gasteiger partial charge in [0.2, 0.25) is 0 Å². The van der Waals surface area contributed by atoms with Gasteiger partial charge < -0.3 is 21.0 Å². The van der Waals surface area contributed by atoms with Gasteiger partial charge in [0.15, 0.2) is 5.84 Å². The van der Waals surface area contributed by atoms with Crippen LogP contribution >= 0.6 is 0 Å². The second-order valence-corrected chi connectivity index (χ2v) is 3.92. The third-order valence-corrected chi connectivity index (χ3v) is 2.40. The average molecular weight is 237 g/mol. The van der Waals surface area contributed by atoms with Crippen LogP contribution in [0.25, 0.3) is 0 Å². The fourth-order valence-electron chi connectivity index (χ4n) is 1.50. The molecule has 1 rings (SSSR count). The summed E-state index contributed by atoms with van der Waals surface area (Å²) in [6.45, 7) is 3.44. The minimum atomic E-state index is 0.122. The van der Waals surface area contributed by atoms with Gasteiger partial charge in [-0.2, -0.15) is 0 Å². The first-order valence-electron chi connectivity index (χ1n) is 5.46. The molecule has 1 aromatic carbocycles. The molecule has 1 atom stereocenters. The molecule has 0 aliphatic heterocycles. The molecule has 5 nitrogen and oxygen atoms in total. The first kappa shape index (κ1) is 13.5. The molecule has 4 N–H and O–H groups in total. The summed E-state index contributed by atoms with van der Waals surface area (Å²) < 4.78 is 5.04. The summed E-state index contributed by atoms with van der Waals surface area (Å²) in [5, 5.41) is 14.9. The van der Waals surface area contributed by atoms with Crippen LogP contribution in [0.15, 0.2) is 29.4 Å². The summed E-state index contributed by atoms with van der Waals surface area (Å²) in [7, 11) is 1.68. The lowest BCUT2D eigenvalue weighted by atomic mass is 10.1. The van der Waals surface area contributed by atoms with Crippen LogP contribution in [0.1, 0.15) is 18.1 Å². The molecule has 1 unspecified atom stereocenters. The zero-order valence-electron chi connectivity index (χ0n) is 10.2. The van der Waals surface area contributed by atoms with Crippen molar-refractivity contribution in [3.05, 3.63) is 35.4 Å². The van der Waals surface area contributed by atoms with Gasteiger partial charge in [-0.25, -0.2) is 0 Å². The monoisotopic (exact) mass is 237 g/mol. The summed E-state index contributed by atoms with van der Waals surface area (Å²) >= 11 is 0. The number of oxime groups is 1. The van der Waals surface area contributed by atoms with Gasteiger partial charge in [-0.1, -0.05) is 23.4 Å². The minimum Gasteiger partial charge on any atom is -0.409 e. The van der Waals surface area contributed by atoms with Gasteiger partial charge in [0, 0.05) is 25.3 Å². The normalized spacial score (nSPS) is 13.6. The second kappa shape index (κ2) is 6.88. The average Bonchev–Trinajstić information content (AvgIpc) is 2.36. The molecule has 94 valence electrons. The number of amidine groups is 1. The molecule has 0 spiro atoms. The van der Waals surface area contributed by atoms with Gasteiger partial charge in [-0.15, -0.1) is 0 Å². The molecular weight excluding hydrogens is 218 g/mol. The van der Waals surface area contributed by atoms with E-state index in [1.807, 2.05) is 18.2 Å². The topological polar surface area (TPSA) is 79.9 Å². The van der Waals surface area contributed by atoms with E-state index < -0.39 is 0 Å². The molecule has 0 heterocycles. The predicted molar refractivity (Wildman–Crippen MR) is 67.1 cm³/mol. The van der Waals surface area contributed by atoms with Crippen LogP contribution in [0, 0.1) is 0 Å². The van der Waals surface area contributed by atoms with Crippen LogP contribution in [0.2, 0.25) is 0 Å². The summed E-state index contributed by atoms with van der Waals surface area (Å²) in [5.41, 5.74) is 7.32. The van der Waals surface area contributed by atoms with Crippen molar-refractivity contribution in [2.45, 2.75) is 19.5 Å². The highest BCUT2D eigenvalue weighted by molar-refractivity contribution is 5.97. The Morgan fingerprint density at radius 1 is 1.59 bits per heavy atom. The lowest BCUT2D eigenvalue weighted by molar-refractivity contribution is 0.171. The third kappa shape index (κ3) is 4.42. The van der Waals surface area contributed by atoms with Gasteiger partial charge in [-0.05, 0) is 18.6 Å². The van der Waals surface area contributed by atoms with E-state index in [0.29, 0.717) is 12.2 Å². The second-order valence-electron chi connectivity index (χ2n) is 3.92. The van der Waals surface area contributed by atoms with Crippen LogP contribution in [-0.4, -0.2) is 30.8 Å². The predicted octanol–water partition coefficient (Wildman–Crippen LogP) is 0.906. The van der Waals surface area contributed by atoms with Gasteiger partial charge in [0.1, 0.15) is 0 Å². The molecule has 17 heavy (non-hydrogen) atoms. The van der Waals surface area contributed by atoms with E-state index in [0.717, 1.165) is 12.1 Å². The lowest BCUT2D eigenvalue weighted by Crippen LogP contribution is -2.29. The molecular formula is C12H19N3O2. The highest BCUT2D eigenvalue weighted by atomic mass is 16.5. The van der Waals surface area contributed by atoms with Gasteiger partial charge in [0.25, 0.3) is 0 Å². The van der Waals surface area contributed by atoms with Crippen molar-refractivity contribution >= 4 is 5.84 Å². The van der Waals surface area contributed by atoms with Crippen molar-refractivity contribution in [2.24, 2.45) is 10.9 Å². The van der Waals surface area contributed by atoms with E-state index in [9.17, 15) is 0 Å². The Hall–Kier alpha value is -1.59. The van der Waals surface area contributed by atoms with Crippen molar-refractivity contribution in [1.29, 1.82) is 0 Å². The Morgan fingerprint density at radius 2 is 2.35 bits per heavy atom. The first-order chi connectivity index (χ1) is 8.17. The van der Waals surface area contributed by atoms with Crippen molar-refractivity contribution in [1.82, 2.24) is 5.32 Å². The smallest absolute Gasteiger partial charge is 0.170 e. The number of hydrogen-bond donors (Lipinski definition) is 3. The van der Waals surface area contributed by atoms with Crippen molar-refractivity contribution < 1.29 is 9.94 Å². The standard InChI is InChI=1S/C12H19N3O2/c1-9(8-17-2)14-7-10-4-3-5-11(6-10)12(13)15-16/h3-6,9,14,16H,7-8H2,1-2H3,(H2,13,15). The first-order valence-corrected chi connectivity index (χ1v) is 5.46. The van der Waals surface area contributed by atoms with E-state index in [4.69, 9.17) is 15.7 Å². The van der Waals surface area contributed by atoms with E-state index in [2.05, 4.69) is 17.4 Å². The fraction of sp³-hybridized carbons (Fsp3) is 0.417. The fourth-order valence-corrected chi connectivity index (χ4v) is 1.50. The number of nitrogens with zero attached hydrogens (tertiary/aromatic N) is 1. The number of rotatable bonds is 6. The van der Waals surface area contributed by atoms with Crippen LogP contribution < -0.4 is 11.1 Å². The van der Waals surface area contributed by atoms with Gasteiger partial charge >= 0.3 is 0 Å². The number of methoxy groups -OCH3 is 1. The number of nitrogens with two attached hydrogens (primary N) is 1. The molecule has 0 saturated heterocycles. The summed E-state index contributed by atoms with van der Waals surface area (Å²) in [4.78, 5) is 0. The maximum atomic E-state index is 8.60. The van der Waals surface area contributed by atoms with E-state index in [1.165, 1.54) is 0 Å². The van der Waals surface area contributed by atoms with Gasteiger partial charge in [0.05, 0.1) is 6.61 Å². The zero-order chi connectivity index (χ0) is 12.7. The SMILES string of the molecule is COCC(C)NCc1cccc(C(N)=NO)c1. The third-order valence-electron chi connectivity index (χ3n) is 2.40. The Balaban J connectivity index is 2.60. The molecule has 0 fully saturated rings. The van der Waals surface area contributed by atoms with Crippen LogP contribution in [-0.2, 0) is 11.3 Å². The van der Waals surface area contributed by atoms with Crippen molar-refractivity contribution in [3.8, 4) is 0 Å². The largest absolute Gasteiger partial charge is 0.409 e. The number of nitrogens with one attached hydrogen (secondary N) is 1. The van der Waals surface area contributed by atoms with Crippen molar-refractivity contribution in [3.63, 3.8) is 0 Å². The molecule has 0 aliphatic rings. The molecule has 0 saturated carbocycles. The van der Waals surface area contributed by atoms with E-state index >= 15 is 0 Å². The Morgan fingerprint density at radius 3 is 3.00 bits per heavy atom. The zero-order valence-corrected chi connectivity index (χ0v) is 10.2. The summed E-state index contributed by atoms with van der Waals surface area (Å²) in [6, 6.07) is 7.85. The molecule has 0 bridgehead atoms. The molecule has 0 aromatic heterocycles. The maximum absolute atomic E-state index is 8.60. The van der Waals surface area contributed by atoms with Crippen LogP contribution in [0.4, 0.5) is 0 Å². The van der Waals surface area contributed by atoms with E-state index in [1.54, 1.807) is 13.2 Å². The highest BCUT2D eigenvalue weighted by Gasteiger charge is 2.03. The number of benzene rings is 1. The van der Waals surface area contributed by atoms with Crippen LogP contribution in [0.3, 0.4) is 0 Å². The quantitative estimate of drug-likeness (QED) is 0.297. The number of hydrogen-bond acceptors (Lipinski definition) is 4. The molecule has 0 amide bonds. The summed E-state index contributed by atoms with van der Waals surface area (Å²) in [5.74, 6) is 0.122. The lowest BCUT2D eigenvalue weighted by Gasteiger charge is -2.13. The van der Waals surface area contributed by atoms with Crippen LogP contribution in [0.5, 0.6) is 0 Å². The summed E-state index contributed by atoms with van der Waals surface area (Å²) in [6.07, 6.45) is 0. The molecule has 1 aromatic rings. The highest BCUT2D eigenvalue weighted by Crippen LogP contribution is 2.05. The minimum absolute atomic E-state index is 0.122. The maximum Gasteiger partial charge on any atom is 0.170 e. The Labute approximate surface area is 101 Å². The Bertz CT molecular complexity index is 380.